The van der Waals surface area contributed by atoms with E-state index in [-0.39, 0.29) is 0 Å². The van der Waals surface area contributed by atoms with Gasteiger partial charge in [0.05, 0.1) is 10.3 Å². The van der Waals surface area contributed by atoms with Crippen LogP contribution in [0.1, 0.15) is 5.69 Å². The average molecular weight is 187 g/mol. The predicted octanol–water partition coefficient (Wildman–Crippen LogP) is 1.75. The minimum absolute atomic E-state index is 1.07. The van der Waals surface area contributed by atoms with Crippen molar-refractivity contribution < 1.29 is 0 Å². The molecule has 2 nitrogen and oxygen atoms in total. The molecule has 0 aliphatic carbocycles. The number of aromatic nitrogens is 1. The van der Waals surface area contributed by atoms with Crippen molar-refractivity contribution in [2.75, 3.05) is 11.9 Å². The zero-order chi connectivity index (χ0) is 6.27. The summed E-state index contributed by atoms with van der Waals surface area (Å²) in [5, 5.41) is 3.26. The molecule has 2 heterocycles. The van der Waals surface area contributed by atoms with Crippen LogP contribution in [0.15, 0.2) is 10.7 Å². The van der Waals surface area contributed by atoms with Crippen molar-refractivity contribution in [3.8, 4) is 0 Å². The highest BCUT2D eigenvalue weighted by Gasteiger charge is 2.11. The van der Waals surface area contributed by atoms with Crippen molar-refractivity contribution in [3.05, 3.63) is 16.4 Å². The van der Waals surface area contributed by atoms with Crippen LogP contribution in [0, 0.1) is 0 Å². The standard InChI is InChI=1S/C6H7BrN2/c7-6-3-5-4(9-6)1-2-8-5/h3,8-9H,1-2H2. The molecule has 0 saturated carbocycles. The van der Waals surface area contributed by atoms with Crippen LogP contribution in [0.4, 0.5) is 5.69 Å². The van der Waals surface area contributed by atoms with Gasteiger partial charge in [0, 0.05) is 18.7 Å². The summed E-state index contributed by atoms with van der Waals surface area (Å²) in [5.41, 5.74) is 2.57. The number of hydrogen-bond donors (Lipinski definition) is 2. The first kappa shape index (κ1) is 5.35. The van der Waals surface area contributed by atoms with Crippen molar-refractivity contribution in [2.45, 2.75) is 6.42 Å². The minimum Gasteiger partial charge on any atom is -0.383 e. The number of rotatable bonds is 0. The van der Waals surface area contributed by atoms with Gasteiger partial charge in [0.1, 0.15) is 0 Å². The summed E-state index contributed by atoms with van der Waals surface area (Å²) in [4.78, 5) is 3.21. The Morgan fingerprint density at radius 1 is 1.56 bits per heavy atom. The molecule has 3 heteroatoms. The van der Waals surface area contributed by atoms with Gasteiger partial charge in [0.2, 0.25) is 0 Å². The Morgan fingerprint density at radius 3 is 3.22 bits per heavy atom. The van der Waals surface area contributed by atoms with Gasteiger partial charge in [-0.15, -0.1) is 0 Å². The summed E-state index contributed by atoms with van der Waals surface area (Å²) < 4.78 is 1.07. The number of fused-ring (bicyclic) bond motifs is 1. The quantitative estimate of drug-likeness (QED) is 0.636. The molecule has 0 radical (unpaired) electrons. The van der Waals surface area contributed by atoms with Crippen LogP contribution in [-0.2, 0) is 6.42 Å². The second-order valence-electron chi connectivity index (χ2n) is 2.19. The zero-order valence-electron chi connectivity index (χ0n) is 4.87. The topological polar surface area (TPSA) is 27.8 Å². The number of nitrogens with one attached hydrogen (secondary N) is 2. The molecule has 0 aromatic carbocycles. The van der Waals surface area contributed by atoms with Gasteiger partial charge in [-0.1, -0.05) is 0 Å². The van der Waals surface area contributed by atoms with Gasteiger partial charge in [-0.2, -0.15) is 0 Å². The number of halogens is 1. The molecule has 0 fully saturated rings. The Kier molecular flexibility index (Phi) is 1.05. The molecule has 0 bridgehead atoms. The molecular formula is C6H7BrN2. The van der Waals surface area contributed by atoms with E-state index in [1.54, 1.807) is 0 Å². The maximum absolute atomic E-state index is 3.36. The van der Waals surface area contributed by atoms with E-state index in [0.717, 1.165) is 17.6 Å². The Labute approximate surface area is 61.8 Å². The van der Waals surface area contributed by atoms with Crippen LogP contribution in [0.2, 0.25) is 0 Å². The Hall–Kier alpha value is -0.440. The van der Waals surface area contributed by atoms with Crippen LogP contribution in [0.25, 0.3) is 0 Å². The Morgan fingerprint density at radius 2 is 2.44 bits per heavy atom. The molecule has 0 spiro atoms. The van der Waals surface area contributed by atoms with E-state index in [4.69, 9.17) is 0 Å². The number of anilines is 1. The molecule has 1 aromatic heterocycles. The van der Waals surface area contributed by atoms with Crippen molar-refractivity contribution in [1.82, 2.24) is 4.98 Å². The van der Waals surface area contributed by atoms with Crippen LogP contribution in [0.5, 0.6) is 0 Å². The van der Waals surface area contributed by atoms with Crippen LogP contribution < -0.4 is 5.32 Å². The molecule has 48 valence electrons. The lowest BCUT2D eigenvalue weighted by atomic mass is 10.3. The molecule has 9 heavy (non-hydrogen) atoms. The van der Waals surface area contributed by atoms with E-state index in [2.05, 4.69) is 32.3 Å². The van der Waals surface area contributed by atoms with Crippen molar-refractivity contribution >= 4 is 21.6 Å². The van der Waals surface area contributed by atoms with Crippen LogP contribution in [0.3, 0.4) is 0 Å². The third-order valence-corrected chi connectivity index (χ3v) is 1.98. The average Bonchev–Trinajstić information content (AvgIpc) is 2.22. The summed E-state index contributed by atoms with van der Waals surface area (Å²) in [7, 11) is 0. The Balaban J connectivity index is 2.51. The fraction of sp³-hybridized carbons (Fsp3) is 0.333. The van der Waals surface area contributed by atoms with E-state index in [1.807, 2.05) is 0 Å². The summed E-state index contributed by atoms with van der Waals surface area (Å²) in [5.74, 6) is 0. The van der Waals surface area contributed by atoms with E-state index < -0.39 is 0 Å². The summed E-state index contributed by atoms with van der Waals surface area (Å²) in [6, 6.07) is 2.07. The van der Waals surface area contributed by atoms with Gasteiger partial charge in [-0.3, -0.25) is 0 Å². The zero-order valence-corrected chi connectivity index (χ0v) is 6.46. The molecule has 1 aliphatic heterocycles. The number of aromatic amines is 1. The van der Waals surface area contributed by atoms with Crippen molar-refractivity contribution in [2.24, 2.45) is 0 Å². The maximum Gasteiger partial charge on any atom is 0.0843 e. The van der Waals surface area contributed by atoms with E-state index >= 15 is 0 Å². The van der Waals surface area contributed by atoms with Gasteiger partial charge in [-0.25, -0.2) is 0 Å². The monoisotopic (exact) mass is 186 g/mol. The molecule has 0 saturated heterocycles. The van der Waals surface area contributed by atoms with Crippen molar-refractivity contribution in [1.29, 1.82) is 0 Å². The molecule has 0 unspecified atom stereocenters. The summed E-state index contributed by atoms with van der Waals surface area (Å²) >= 11 is 3.36. The second-order valence-corrected chi connectivity index (χ2v) is 3.04. The second kappa shape index (κ2) is 1.77. The van der Waals surface area contributed by atoms with Gasteiger partial charge >= 0.3 is 0 Å². The molecule has 0 amide bonds. The lowest BCUT2D eigenvalue weighted by Crippen LogP contribution is -1.91. The summed E-state index contributed by atoms with van der Waals surface area (Å²) in [6.45, 7) is 1.08. The molecular weight excluding hydrogens is 180 g/mol. The number of hydrogen-bond acceptors (Lipinski definition) is 1. The third-order valence-electron chi connectivity index (χ3n) is 1.56. The fourth-order valence-corrected chi connectivity index (χ4v) is 1.61. The van der Waals surface area contributed by atoms with E-state index in [0.29, 0.717) is 0 Å². The molecule has 0 atom stereocenters. The highest BCUT2D eigenvalue weighted by Crippen LogP contribution is 2.24. The maximum atomic E-state index is 3.36. The first-order chi connectivity index (χ1) is 4.36. The van der Waals surface area contributed by atoms with Gasteiger partial charge < -0.3 is 10.3 Å². The smallest absolute Gasteiger partial charge is 0.0843 e. The SMILES string of the molecule is Brc1cc2c([nH]1)CCN2. The lowest BCUT2D eigenvalue weighted by molar-refractivity contribution is 1.04. The molecule has 1 aliphatic rings. The highest BCUT2D eigenvalue weighted by molar-refractivity contribution is 9.10. The first-order valence-corrected chi connectivity index (χ1v) is 3.77. The molecule has 2 rings (SSSR count). The van der Waals surface area contributed by atoms with Crippen molar-refractivity contribution in [3.63, 3.8) is 0 Å². The van der Waals surface area contributed by atoms with Crippen LogP contribution in [-0.4, -0.2) is 11.5 Å². The normalized spacial score (nSPS) is 15.2. The summed E-state index contributed by atoms with van der Waals surface area (Å²) in [6.07, 6.45) is 1.13. The number of H-pyrrole nitrogens is 1. The van der Waals surface area contributed by atoms with Gasteiger partial charge in [0.25, 0.3) is 0 Å². The van der Waals surface area contributed by atoms with Crippen LogP contribution >= 0.6 is 15.9 Å². The van der Waals surface area contributed by atoms with E-state index in [9.17, 15) is 0 Å². The molecule has 2 N–H and O–H groups in total. The minimum atomic E-state index is 1.07. The third kappa shape index (κ3) is 0.758. The fourth-order valence-electron chi connectivity index (χ4n) is 1.14. The van der Waals surface area contributed by atoms with Gasteiger partial charge in [0.15, 0.2) is 0 Å². The Bertz CT molecular complexity index is 207. The molecule has 1 aromatic rings. The first-order valence-electron chi connectivity index (χ1n) is 2.97. The largest absolute Gasteiger partial charge is 0.383 e. The van der Waals surface area contributed by atoms with Gasteiger partial charge in [-0.05, 0) is 22.0 Å². The predicted molar refractivity (Wildman–Crippen MR) is 40.7 cm³/mol. The highest BCUT2D eigenvalue weighted by atomic mass is 79.9. The lowest BCUT2D eigenvalue weighted by Gasteiger charge is -1.86. The van der Waals surface area contributed by atoms with E-state index in [1.165, 1.54) is 11.4 Å².